The van der Waals surface area contributed by atoms with Crippen LogP contribution >= 0.6 is 11.6 Å². The van der Waals surface area contributed by atoms with Crippen molar-refractivity contribution in [3.05, 3.63) is 63.5 Å². The molecule has 0 saturated heterocycles. The molecular formula is C14H14ClN3O3. The highest BCUT2D eigenvalue weighted by Crippen LogP contribution is 2.25. The molecule has 0 saturated carbocycles. The number of nitrogens with two attached hydrogens (primary N) is 1. The monoisotopic (exact) mass is 307 g/mol. The highest BCUT2D eigenvalue weighted by atomic mass is 35.5. The Bertz CT molecular complexity index is 713. The third-order valence-corrected chi connectivity index (χ3v) is 3.12. The Kier molecular flexibility index (Phi) is 4.84. The minimum atomic E-state index is -0.0884. The Morgan fingerprint density at radius 1 is 1.38 bits per heavy atom. The van der Waals surface area contributed by atoms with Crippen LogP contribution in [0.25, 0.3) is 0 Å². The predicted molar refractivity (Wildman–Crippen MR) is 80.2 cm³/mol. The number of hydrogen-bond donors (Lipinski definition) is 2. The van der Waals surface area contributed by atoms with Crippen molar-refractivity contribution in [2.75, 3.05) is 6.61 Å². The van der Waals surface area contributed by atoms with Crippen molar-refractivity contribution in [3.8, 4) is 5.75 Å². The first-order chi connectivity index (χ1) is 10.1. The number of oxime groups is 1. The van der Waals surface area contributed by atoms with Gasteiger partial charge in [0.15, 0.2) is 5.84 Å². The van der Waals surface area contributed by atoms with Gasteiger partial charge in [-0.05, 0) is 24.3 Å². The molecule has 21 heavy (non-hydrogen) atoms. The lowest BCUT2D eigenvalue weighted by atomic mass is 10.2. The average molecular weight is 308 g/mol. The SMILES string of the molecule is N/C(=N/O)c1ccc(OCCn2ccccc2=O)c(Cl)c1. The first-order valence-electron chi connectivity index (χ1n) is 6.17. The van der Waals surface area contributed by atoms with Crippen LogP contribution in [-0.2, 0) is 6.54 Å². The van der Waals surface area contributed by atoms with Gasteiger partial charge in [-0.25, -0.2) is 0 Å². The molecule has 0 bridgehead atoms. The molecule has 0 amide bonds. The molecule has 7 heteroatoms. The summed E-state index contributed by atoms with van der Waals surface area (Å²) in [5.74, 6) is 0.439. The summed E-state index contributed by atoms with van der Waals surface area (Å²) >= 11 is 6.06. The van der Waals surface area contributed by atoms with E-state index in [1.54, 1.807) is 41.1 Å². The number of rotatable bonds is 5. The number of amidine groups is 1. The predicted octanol–water partition coefficient (Wildman–Crippen LogP) is 1.68. The maximum Gasteiger partial charge on any atom is 0.250 e. The van der Waals surface area contributed by atoms with Gasteiger partial charge in [0, 0.05) is 17.8 Å². The van der Waals surface area contributed by atoms with E-state index in [0.29, 0.717) is 29.5 Å². The first-order valence-corrected chi connectivity index (χ1v) is 6.55. The van der Waals surface area contributed by atoms with Crippen LogP contribution in [0.4, 0.5) is 0 Å². The van der Waals surface area contributed by atoms with Crippen LogP contribution in [0.15, 0.2) is 52.5 Å². The second kappa shape index (κ2) is 6.81. The average Bonchev–Trinajstić information content (AvgIpc) is 2.50. The quantitative estimate of drug-likeness (QED) is 0.380. The van der Waals surface area contributed by atoms with Crippen LogP contribution in [0.5, 0.6) is 5.75 Å². The molecular weight excluding hydrogens is 294 g/mol. The summed E-state index contributed by atoms with van der Waals surface area (Å²) in [6.07, 6.45) is 1.69. The zero-order valence-corrected chi connectivity index (χ0v) is 11.8. The van der Waals surface area contributed by atoms with Gasteiger partial charge in [-0.15, -0.1) is 0 Å². The van der Waals surface area contributed by atoms with Gasteiger partial charge < -0.3 is 20.2 Å². The highest BCUT2D eigenvalue weighted by molar-refractivity contribution is 6.32. The first kappa shape index (κ1) is 14.9. The molecule has 0 unspecified atom stereocenters. The Morgan fingerprint density at radius 2 is 2.19 bits per heavy atom. The van der Waals surface area contributed by atoms with Crippen LogP contribution in [-0.4, -0.2) is 22.2 Å². The van der Waals surface area contributed by atoms with Crippen LogP contribution in [0.3, 0.4) is 0 Å². The van der Waals surface area contributed by atoms with Gasteiger partial charge in [-0.1, -0.05) is 22.8 Å². The molecule has 1 aromatic heterocycles. The van der Waals surface area contributed by atoms with Crippen molar-refractivity contribution < 1.29 is 9.94 Å². The molecule has 0 radical (unpaired) electrons. The Labute approximate surface area is 126 Å². The summed E-state index contributed by atoms with van der Waals surface area (Å²) in [7, 11) is 0. The third-order valence-electron chi connectivity index (χ3n) is 2.82. The summed E-state index contributed by atoms with van der Waals surface area (Å²) in [6, 6.07) is 9.75. The molecule has 0 aliphatic carbocycles. The molecule has 3 N–H and O–H groups in total. The summed E-state index contributed by atoms with van der Waals surface area (Å²) in [4.78, 5) is 11.5. The fourth-order valence-electron chi connectivity index (χ4n) is 1.73. The van der Waals surface area contributed by atoms with Gasteiger partial charge >= 0.3 is 0 Å². The van der Waals surface area contributed by atoms with Gasteiger partial charge in [0.2, 0.25) is 0 Å². The lowest BCUT2D eigenvalue weighted by Gasteiger charge is -2.10. The van der Waals surface area contributed by atoms with Gasteiger partial charge in [0.1, 0.15) is 12.4 Å². The molecule has 0 fully saturated rings. The zero-order chi connectivity index (χ0) is 15.2. The normalized spacial score (nSPS) is 11.4. The molecule has 0 aliphatic heterocycles. The third kappa shape index (κ3) is 3.76. The van der Waals surface area contributed by atoms with Crippen molar-refractivity contribution in [3.63, 3.8) is 0 Å². The van der Waals surface area contributed by atoms with Gasteiger partial charge in [-0.3, -0.25) is 4.79 Å². The second-order valence-electron chi connectivity index (χ2n) is 4.21. The topological polar surface area (TPSA) is 89.8 Å². The molecule has 6 nitrogen and oxygen atoms in total. The van der Waals surface area contributed by atoms with E-state index in [9.17, 15) is 4.79 Å². The lowest BCUT2D eigenvalue weighted by molar-refractivity contribution is 0.296. The smallest absolute Gasteiger partial charge is 0.250 e. The number of benzene rings is 1. The van der Waals surface area contributed by atoms with E-state index in [1.807, 2.05) is 0 Å². The number of aromatic nitrogens is 1. The van der Waals surface area contributed by atoms with E-state index in [0.717, 1.165) is 0 Å². The lowest BCUT2D eigenvalue weighted by Crippen LogP contribution is -2.21. The zero-order valence-electron chi connectivity index (χ0n) is 11.1. The van der Waals surface area contributed by atoms with Crippen molar-refractivity contribution in [1.82, 2.24) is 4.57 Å². The molecule has 0 atom stereocenters. The van der Waals surface area contributed by atoms with Crippen molar-refractivity contribution in [2.24, 2.45) is 10.9 Å². The highest BCUT2D eigenvalue weighted by Gasteiger charge is 2.06. The molecule has 1 aromatic carbocycles. The van der Waals surface area contributed by atoms with E-state index in [4.69, 9.17) is 27.3 Å². The molecule has 1 heterocycles. The number of halogens is 1. The van der Waals surface area contributed by atoms with Gasteiger partial charge in [-0.2, -0.15) is 0 Å². The van der Waals surface area contributed by atoms with Crippen LogP contribution in [0, 0.1) is 0 Å². The van der Waals surface area contributed by atoms with Crippen molar-refractivity contribution >= 4 is 17.4 Å². The van der Waals surface area contributed by atoms with Crippen LogP contribution in [0.2, 0.25) is 5.02 Å². The minimum Gasteiger partial charge on any atom is -0.490 e. The van der Waals surface area contributed by atoms with E-state index < -0.39 is 0 Å². The number of hydrogen-bond acceptors (Lipinski definition) is 4. The minimum absolute atomic E-state index is 0.0284. The van der Waals surface area contributed by atoms with Gasteiger partial charge in [0.05, 0.1) is 11.6 Å². The van der Waals surface area contributed by atoms with Crippen LogP contribution in [0.1, 0.15) is 5.56 Å². The number of nitrogens with zero attached hydrogens (tertiary/aromatic N) is 2. The Balaban J connectivity index is 2.01. The molecule has 2 rings (SSSR count). The summed E-state index contributed by atoms with van der Waals surface area (Å²) in [5.41, 5.74) is 5.87. The maximum atomic E-state index is 11.5. The molecule has 110 valence electrons. The second-order valence-corrected chi connectivity index (χ2v) is 4.62. The van der Waals surface area contributed by atoms with E-state index >= 15 is 0 Å². The number of pyridine rings is 1. The summed E-state index contributed by atoms with van der Waals surface area (Å²) in [6.45, 7) is 0.713. The number of ether oxygens (including phenoxy) is 1. The van der Waals surface area contributed by atoms with E-state index in [1.165, 1.54) is 6.07 Å². The van der Waals surface area contributed by atoms with Crippen molar-refractivity contribution in [2.45, 2.75) is 6.54 Å². The molecule has 0 aliphatic rings. The largest absolute Gasteiger partial charge is 0.490 e. The standard InChI is InChI=1S/C14H14ClN3O3/c15-11-9-10(14(16)17-20)4-5-12(11)21-8-7-18-6-2-1-3-13(18)19/h1-6,9,20H,7-8H2,(H2,16,17). The maximum absolute atomic E-state index is 11.5. The van der Waals surface area contributed by atoms with Crippen LogP contribution < -0.4 is 16.0 Å². The molecule has 0 spiro atoms. The summed E-state index contributed by atoms with van der Waals surface area (Å²) in [5, 5.41) is 11.8. The fraction of sp³-hybridized carbons (Fsp3) is 0.143. The van der Waals surface area contributed by atoms with Gasteiger partial charge in [0.25, 0.3) is 5.56 Å². The van der Waals surface area contributed by atoms with Crippen molar-refractivity contribution in [1.29, 1.82) is 0 Å². The summed E-state index contributed by atoms with van der Waals surface area (Å²) < 4.78 is 7.07. The van der Waals surface area contributed by atoms with E-state index in [2.05, 4.69) is 5.16 Å². The Hall–Kier alpha value is -2.47. The molecule has 2 aromatic rings. The fourth-order valence-corrected chi connectivity index (χ4v) is 1.97. The van der Waals surface area contributed by atoms with E-state index in [-0.39, 0.29) is 11.4 Å². The Morgan fingerprint density at radius 3 is 2.86 bits per heavy atom.